The van der Waals surface area contributed by atoms with Gasteiger partial charge in [-0.1, -0.05) is 45.4 Å². The van der Waals surface area contributed by atoms with Crippen molar-refractivity contribution in [3.63, 3.8) is 0 Å². The van der Waals surface area contributed by atoms with E-state index in [4.69, 9.17) is 9.47 Å². The first-order chi connectivity index (χ1) is 8.26. The lowest BCUT2D eigenvalue weighted by atomic mass is 9.73. The third-order valence-corrected chi connectivity index (χ3v) is 4.13. The van der Waals surface area contributed by atoms with Crippen LogP contribution in [0.4, 0.5) is 0 Å². The summed E-state index contributed by atoms with van der Waals surface area (Å²) in [5, 5.41) is 0. The van der Waals surface area contributed by atoms with Gasteiger partial charge < -0.3 is 9.47 Å². The van der Waals surface area contributed by atoms with Crippen LogP contribution in [-0.4, -0.2) is 27.4 Å². The molecule has 0 radical (unpaired) electrons. The molecule has 0 bridgehead atoms. The third-order valence-electron chi connectivity index (χ3n) is 4.13. The van der Waals surface area contributed by atoms with Crippen LogP contribution in [0.5, 0.6) is 0 Å². The molecule has 0 unspecified atom stereocenters. The highest BCUT2D eigenvalue weighted by molar-refractivity contribution is 4.83. The molecule has 0 N–H and O–H groups in total. The summed E-state index contributed by atoms with van der Waals surface area (Å²) >= 11 is 0. The zero-order valence-corrected chi connectivity index (χ0v) is 12.0. The minimum Gasteiger partial charge on any atom is -0.384 e. The van der Waals surface area contributed by atoms with Crippen LogP contribution in [0.3, 0.4) is 0 Å². The van der Waals surface area contributed by atoms with Gasteiger partial charge in [-0.05, 0) is 18.8 Å². The van der Waals surface area contributed by atoms with Crippen LogP contribution >= 0.6 is 0 Å². The van der Waals surface area contributed by atoms with E-state index in [1.165, 1.54) is 51.4 Å². The average Bonchev–Trinajstić information content (AvgIpc) is 2.31. The van der Waals surface area contributed by atoms with Crippen LogP contribution in [0.25, 0.3) is 0 Å². The maximum atomic E-state index is 5.47. The topological polar surface area (TPSA) is 18.5 Å². The second kappa shape index (κ2) is 8.10. The van der Waals surface area contributed by atoms with Crippen molar-refractivity contribution in [1.82, 2.24) is 0 Å². The van der Waals surface area contributed by atoms with Crippen molar-refractivity contribution >= 4 is 0 Å². The summed E-state index contributed by atoms with van der Waals surface area (Å²) in [6.45, 7) is 3.97. The molecule has 0 aromatic carbocycles. The van der Waals surface area contributed by atoms with Crippen molar-refractivity contribution in [1.29, 1.82) is 0 Å². The summed E-state index contributed by atoms with van der Waals surface area (Å²) in [6, 6.07) is 0. The van der Waals surface area contributed by atoms with E-state index >= 15 is 0 Å². The maximum absolute atomic E-state index is 5.47. The Morgan fingerprint density at radius 2 is 1.59 bits per heavy atom. The molecule has 0 aromatic rings. The number of ether oxygens (including phenoxy) is 2. The fourth-order valence-corrected chi connectivity index (χ4v) is 3.55. The lowest BCUT2D eigenvalue weighted by Crippen LogP contribution is -2.34. The molecule has 1 fully saturated rings. The summed E-state index contributed by atoms with van der Waals surface area (Å²) < 4.78 is 10.9. The van der Waals surface area contributed by atoms with E-state index in [9.17, 15) is 0 Å². The predicted molar refractivity (Wildman–Crippen MR) is 72.3 cm³/mol. The van der Waals surface area contributed by atoms with E-state index in [-0.39, 0.29) is 5.41 Å². The van der Waals surface area contributed by atoms with Crippen molar-refractivity contribution < 1.29 is 9.47 Å². The van der Waals surface area contributed by atoms with E-state index in [0.717, 1.165) is 19.1 Å². The molecule has 0 saturated heterocycles. The van der Waals surface area contributed by atoms with E-state index < -0.39 is 0 Å². The quantitative estimate of drug-likeness (QED) is 0.639. The lowest BCUT2D eigenvalue weighted by Gasteiger charge is -2.37. The first-order valence-corrected chi connectivity index (χ1v) is 7.24. The lowest BCUT2D eigenvalue weighted by molar-refractivity contribution is -0.0153. The van der Waals surface area contributed by atoms with Gasteiger partial charge in [0.2, 0.25) is 0 Å². The van der Waals surface area contributed by atoms with Crippen LogP contribution in [0, 0.1) is 11.3 Å². The Balaban J connectivity index is 2.57. The van der Waals surface area contributed by atoms with Gasteiger partial charge in [-0.2, -0.15) is 0 Å². The number of hydrogen-bond donors (Lipinski definition) is 0. The molecule has 0 amide bonds. The molecule has 1 rings (SSSR count). The van der Waals surface area contributed by atoms with Gasteiger partial charge in [-0.3, -0.25) is 0 Å². The van der Waals surface area contributed by atoms with Crippen LogP contribution < -0.4 is 0 Å². The van der Waals surface area contributed by atoms with Gasteiger partial charge in [0.25, 0.3) is 0 Å². The summed E-state index contributed by atoms with van der Waals surface area (Å²) in [6.07, 6.45) is 10.9. The minimum atomic E-state index is 0.264. The Kier molecular flexibility index (Phi) is 7.14. The number of rotatable bonds is 8. The van der Waals surface area contributed by atoms with Gasteiger partial charge >= 0.3 is 0 Å². The van der Waals surface area contributed by atoms with Crippen LogP contribution in [0.1, 0.15) is 58.3 Å². The van der Waals surface area contributed by atoms with Gasteiger partial charge in [-0.15, -0.1) is 0 Å². The van der Waals surface area contributed by atoms with Gasteiger partial charge in [0.15, 0.2) is 0 Å². The smallest absolute Gasteiger partial charge is 0.0540 e. The van der Waals surface area contributed by atoms with E-state index in [1.807, 2.05) is 14.2 Å². The summed E-state index contributed by atoms with van der Waals surface area (Å²) in [5.41, 5.74) is 0.264. The van der Waals surface area contributed by atoms with Gasteiger partial charge in [0, 0.05) is 19.6 Å². The highest BCUT2D eigenvalue weighted by Crippen LogP contribution is 2.38. The summed E-state index contributed by atoms with van der Waals surface area (Å²) in [4.78, 5) is 0. The molecule has 1 aliphatic rings. The standard InChI is InChI=1S/C15H30O2/c1-4-10-15(12-16-2,13-17-3)11-14-8-6-5-7-9-14/h14H,4-13H2,1-3H3. The van der Waals surface area contributed by atoms with Crippen LogP contribution in [0.2, 0.25) is 0 Å². The first kappa shape index (κ1) is 15.0. The maximum Gasteiger partial charge on any atom is 0.0540 e. The largest absolute Gasteiger partial charge is 0.384 e. The molecular formula is C15H30O2. The summed E-state index contributed by atoms with van der Waals surface area (Å²) in [7, 11) is 3.64. The Morgan fingerprint density at radius 1 is 1.00 bits per heavy atom. The number of hydrogen-bond acceptors (Lipinski definition) is 2. The molecule has 2 nitrogen and oxygen atoms in total. The zero-order chi connectivity index (χ0) is 12.6. The molecule has 17 heavy (non-hydrogen) atoms. The zero-order valence-electron chi connectivity index (χ0n) is 12.0. The van der Waals surface area contributed by atoms with Crippen molar-refractivity contribution in [2.45, 2.75) is 58.3 Å². The van der Waals surface area contributed by atoms with Crippen molar-refractivity contribution in [2.24, 2.45) is 11.3 Å². The van der Waals surface area contributed by atoms with Crippen molar-refractivity contribution in [3.05, 3.63) is 0 Å². The molecule has 2 heteroatoms. The highest BCUT2D eigenvalue weighted by atomic mass is 16.5. The fourth-order valence-electron chi connectivity index (χ4n) is 3.55. The molecule has 0 spiro atoms. The molecule has 1 aliphatic carbocycles. The van der Waals surface area contributed by atoms with Gasteiger partial charge in [0.1, 0.15) is 0 Å². The van der Waals surface area contributed by atoms with Crippen LogP contribution in [0.15, 0.2) is 0 Å². The second-order valence-electron chi connectivity index (χ2n) is 5.82. The minimum absolute atomic E-state index is 0.264. The van der Waals surface area contributed by atoms with Crippen molar-refractivity contribution in [3.8, 4) is 0 Å². The monoisotopic (exact) mass is 242 g/mol. The third kappa shape index (κ3) is 4.97. The van der Waals surface area contributed by atoms with Gasteiger partial charge in [-0.25, -0.2) is 0 Å². The number of methoxy groups -OCH3 is 2. The van der Waals surface area contributed by atoms with E-state index in [2.05, 4.69) is 6.92 Å². The SMILES string of the molecule is CCCC(COC)(COC)CC1CCCCC1. The molecule has 0 aromatic heterocycles. The Labute approximate surface area is 107 Å². The van der Waals surface area contributed by atoms with Gasteiger partial charge in [0.05, 0.1) is 13.2 Å². The molecule has 102 valence electrons. The highest BCUT2D eigenvalue weighted by Gasteiger charge is 2.33. The molecule has 1 saturated carbocycles. The predicted octanol–water partition coefficient (Wildman–Crippen LogP) is 4.04. The Bertz CT molecular complexity index is 168. The molecule has 0 aliphatic heterocycles. The normalized spacial score (nSPS) is 18.5. The molecule has 0 atom stereocenters. The Hall–Kier alpha value is -0.0800. The Morgan fingerprint density at radius 3 is 2.06 bits per heavy atom. The van der Waals surface area contributed by atoms with E-state index in [0.29, 0.717) is 0 Å². The van der Waals surface area contributed by atoms with E-state index in [1.54, 1.807) is 0 Å². The molecular weight excluding hydrogens is 212 g/mol. The molecule has 0 heterocycles. The average molecular weight is 242 g/mol. The second-order valence-corrected chi connectivity index (χ2v) is 5.82. The first-order valence-electron chi connectivity index (χ1n) is 7.24. The fraction of sp³-hybridized carbons (Fsp3) is 1.00. The summed E-state index contributed by atoms with van der Waals surface area (Å²) in [5.74, 6) is 0.903. The van der Waals surface area contributed by atoms with Crippen LogP contribution in [-0.2, 0) is 9.47 Å². The van der Waals surface area contributed by atoms with Crippen molar-refractivity contribution in [2.75, 3.05) is 27.4 Å².